The summed E-state index contributed by atoms with van der Waals surface area (Å²) in [5.74, 6) is 2.63. The van der Waals surface area contributed by atoms with E-state index in [0.29, 0.717) is 37.5 Å². The van der Waals surface area contributed by atoms with E-state index in [2.05, 4.69) is 4.90 Å². The molecule has 1 aromatic rings. The molecular formula is C17H23N3O3S. The van der Waals surface area contributed by atoms with Gasteiger partial charge in [0.1, 0.15) is 5.75 Å². The Bertz CT molecular complexity index is 617. The molecule has 0 aromatic heterocycles. The van der Waals surface area contributed by atoms with Crippen LogP contribution < -0.4 is 4.74 Å². The van der Waals surface area contributed by atoms with Crippen molar-refractivity contribution < 1.29 is 14.3 Å². The number of benzene rings is 1. The molecule has 0 bridgehead atoms. The number of carbonyl (C=O) groups excluding carboxylic acids is 2. The molecule has 2 saturated heterocycles. The molecule has 2 aliphatic rings. The van der Waals surface area contributed by atoms with Crippen LogP contribution in [0.15, 0.2) is 24.3 Å². The maximum absolute atomic E-state index is 12.6. The van der Waals surface area contributed by atoms with E-state index in [0.717, 1.165) is 11.6 Å². The summed E-state index contributed by atoms with van der Waals surface area (Å²) in [6, 6.07) is 7.18. The van der Waals surface area contributed by atoms with Crippen molar-refractivity contribution in [3.05, 3.63) is 29.8 Å². The SMILES string of the molecule is COc1cccc(C(=O)N2CCN(C(=O)C3CSCN3C)CC2)c1. The first kappa shape index (κ1) is 17.1. The number of hydrogen-bond donors (Lipinski definition) is 0. The molecule has 1 aromatic carbocycles. The number of likely N-dealkylation sites (N-methyl/N-ethyl adjacent to an activating group) is 1. The Balaban J connectivity index is 1.58. The van der Waals surface area contributed by atoms with Crippen LogP contribution in [0.25, 0.3) is 0 Å². The van der Waals surface area contributed by atoms with Crippen LogP contribution in [-0.4, -0.2) is 84.5 Å². The van der Waals surface area contributed by atoms with E-state index in [4.69, 9.17) is 4.74 Å². The third kappa shape index (κ3) is 3.52. The van der Waals surface area contributed by atoms with Gasteiger partial charge in [-0.1, -0.05) is 6.07 Å². The van der Waals surface area contributed by atoms with Crippen molar-refractivity contribution in [2.24, 2.45) is 0 Å². The number of nitrogens with zero attached hydrogens (tertiary/aromatic N) is 3. The van der Waals surface area contributed by atoms with Crippen molar-refractivity contribution in [1.82, 2.24) is 14.7 Å². The zero-order valence-corrected chi connectivity index (χ0v) is 14.9. The highest BCUT2D eigenvalue weighted by Crippen LogP contribution is 2.21. The van der Waals surface area contributed by atoms with Crippen LogP contribution in [0.1, 0.15) is 10.4 Å². The molecule has 2 amide bonds. The second-order valence-electron chi connectivity index (χ2n) is 6.12. The van der Waals surface area contributed by atoms with Gasteiger partial charge in [-0.3, -0.25) is 14.5 Å². The Morgan fingerprint density at radius 1 is 1.17 bits per heavy atom. The van der Waals surface area contributed by atoms with Gasteiger partial charge in [-0.05, 0) is 25.2 Å². The van der Waals surface area contributed by atoms with Crippen molar-refractivity contribution in [3.63, 3.8) is 0 Å². The number of piperazine rings is 1. The molecule has 3 rings (SSSR count). The largest absolute Gasteiger partial charge is 0.497 e. The van der Waals surface area contributed by atoms with E-state index in [1.54, 1.807) is 31.0 Å². The number of thioether (sulfide) groups is 1. The van der Waals surface area contributed by atoms with E-state index < -0.39 is 0 Å². The van der Waals surface area contributed by atoms with Gasteiger partial charge in [-0.25, -0.2) is 0 Å². The van der Waals surface area contributed by atoms with E-state index in [1.807, 2.05) is 29.0 Å². The van der Waals surface area contributed by atoms with Crippen LogP contribution in [0.4, 0.5) is 0 Å². The van der Waals surface area contributed by atoms with Crippen LogP contribution in [0.5, 0.6) is 5.75 Å². The van der Waals surface area contributed by atoms with Crippen molar-refractivity contribution in [2.45, 2.75) is 6.04 Å². The van der Waals surface area contributed by atoms with Gasteiger partial charge in [0.05, 0.1) is 13.2 Å². The first-order chi connectivity index (χ1) is 11.6. The smallest absolute Gasteiger partial charge is 0.254 e. The Kier molecular flexibility index (Phi) is 5.30. The van der Waals surface area contributed by atoms with Crippen molar-refractivity contribution >= 4 is 23.6 Å². The highest BCUT2D eigenvalue weighted by Gasteiger charge is 2.34. The zero-order chi connectivity index (χ0) is 17.1. The average molecular weight is 349 g/mol. The first-order valence-corrected chi connectivity index (χ1v) is 9.25. The second-order valence-corrected chi connectivity index (χ2v) is 7.12. The van der Waals surface area contributed by atoms with Gasteiger partial charge in [-0.2, -0.15) is 0 Å². The molecule has 0 aliphatic carbocycles. The summed E-state index contributed by atoms with van der Waals surface area (Å²) in [6.07, 6.45) is 0. The highest BCUT2D eigenvalue weighted by molar-refractivity contribution is 7.99. The number of carbonyl (C=O) groups is 2. The predicted octanol–water partition coefficient (Wildman–Crippen LogP) is 0.984. The normalized spacial score (nSPS) is 21.8. The maximum atomic E-state index is 12.6. The summed E-state index contributed by atoms with van der Waals surface area (Å²) in [6.45, 7) is 2.35. The van der Waals surface area contributed by atoms with Gasteiger partial charge < -0.3 is 14.5 Å². The fraction of sp³-hybridized carbons (Fsp3) is 0.529. The molecule has 24 heavy (non-hydrogen) atoms. The van der Waals surface area contributed by atoms with Gasteiger partial charge >= 0.3 is 0 Å². The van der Waals surface area contributed by atoms with E-state index in [1.165, 1.54) is 0 Å². The van der Waals surface area contributed by atoms with E-state index >= 15 is 0 Å². The predicted molar refractivity (Wildman–Crippen MR) is 94.4 cm³/mol. The maximum Gasteiger partial charge on any atom is 0.254 e. The van der Waals surface area contributed by atoms with Gasteiger partial charge in [0, 0.05) is 43.4 Å². The van der Waals surface area contributed by atoms with Gasteiger partial charge in [0.15, 0.2) is 0 Å². The van der Waals surface area contributed by atoms with Crippen molar-refractivity contribution in [1.29, 1.82) is 0 Å². The number of hydrogen-bond acceptors (Lipinski definition) is 5. The average Bonchev–Trinajstić information content (AvgIpc) is 3.06. The molecule has 1 atom stereocenters. The Labute approximate surface area is 146 Å². The molecule has 0 radical (unpaired) electrons. The molecule has 7 heteroatoms. The lowest BCUT2D eigenvalue weighted by Crippen LogP contribution is -2.54. The third-order valence-electron chi connectivity index (χ3n) is 4.58. The Morgan fingerprint density at radius 3 is 2.50 bits per heavy atom. The second kappa shape index (κ2) is 7.44. The fourth-order valence-electron chi connectivity index (χ4n) is 3.06. The molecule has 0 N–H and O–H groups in total. The van der Waals surface area contributed by atoms with E-state index in [-0.39, 0.29) is 17.9 Å². The minimum absolute atomic E-state index is 0.00506. The summed E-state index contributed by atoms with van der Waals surface area (Å²) < 4.78 is 5.18. The molecule has 6 nitrogen and oxygen atoms in total. The molecule has 0 saturated carbocycles. The number of methoxy groups -OCH3 is 1. The number of ether oxygens (including phenoxy) is 1. The molecule has 2 heterocycles. The lowest BCUT2D eigenvalue weighted by Gasteiger charge is -2.36. The van der Waals surface area contributed by atoms with Crippen molar-refractivity contribution in [3.8, 4) is 5.75 Å². The monoisotopic (exact) mass is 349 g/mol. The van der Waals surface area contributed by atoms with Crippen LogP contribution >= 0.6 is 11.8 Å². The molecule has 0 spiro atoms. The lowest BCUT2D eigenvalue weighted by atomic mass is 10.1. The molecule has 1 unspecified atom stereocenters. The number of amides is 2. The fourth-order valence-corrected chi connectivity index (χ4v) is 4.26. The first-order valence-electron chi connectivity index (χ1n) is 8.10. The van der Waals surface area contributed by atoms with Gasteiger partial charge in [0.25, 0.3) is 5.91 Å². The summed E-state index contributed by atoms with van der Waals surface area (Å²) in [7, 11) is 3.58. The molecule has 2 aliphatic heterocycles. The summed E-state index contributed by atoms with van der Waals surface area (Å²) in [5.41, 5.74) is 0.626. The molecular weight excluding hydrogens is 326 g/mol. The topological polar surface area (TPSA) is 53.1 Å². The minimum atomic E-state index is -0.0179. The summed E-state index contributed by atoms with van der Waals surface area (Å²) >= 11 is 1.79. The standard InChI is InChI=1S/C17H23N3O3S/c1-18-12-24-11-15(18)17(22)20-8-6-19(7-9-20)16(21)13-4-3-5-14(10-13)23-2/h3-5,10,15H,6-9,11-12H2,1-2H3. The number of rotatable bonds is 3. The summed E-state index contributed by atoms with van der Waals surface area (Å²) in [5, 5.41) is 0. The zero-order valence-electron chi connectivity index (χ0n) is 14.1. The Morgan fingerprint density at radius 2 is 1.88 bits per heavy atom. The van der Waals surface area contributed by atoms with Crippen LogP contribution in [0, 0.1) is 0 Å². The van der Waals surface area contributed by atoms with Gasteiger partial charge in [-0.15, -0.1) is 11.8 Å². The van der Waals surface area contributed by atoms with Gasteiger partial charge in [0.2, 0.25) is 5.91 Å². The lowest BCUT2D eigenvalue weighted by molar-refractivity contribution is -0.136. The molecule has 130 valence electrons. The third-order valence-corrected chi connectivity index (χ3v) is 5.72. The summed E-state index contributed by atoms with van der Waals surface area (Å²) in [4.78, 5) is 31.0. The quantitative estimate of drug-likeness (QED) is 0.814. The van der Waals surface area contributed by atoms with E-state index in [9.17, 15) is 9.59 Å². The Hall–Kier alpha value is -1.73. The minimum Gasteiger partial charge on any atom is -0.497 e. The highest BCUT2D eigenvalue weighted by atomic mass is 32.2. The van der Waals surface area contributed by atoms with Crippen LogP contribution in [0.3, 0.4) is 0 Å². The van der Waals surface area contributed by atoms with Crippen LogP contribution in [0.2, 0.25) is 0 Å². The molecule has 2 fully saturated rings. The van der Waals surface area contributed by atoms with Crippen LogP contribution in [-0.2, 0) is 4.79 Å². The van der Waals surface area contributed by atoms with Crippen molar-refractivity contribution in [2.75, 3.05) is 52.0 Å².